The average Bonchev–Trinajstić information content (AvgIpc) is 2.56. The van der Waals surface area contributed by atoms with Crippen LogP contribution in [-0.2, 0) is 0 Å². The Hall–Kier alpha value is -1.13. The van der Waals surface area contributed by atoms with Gasteiger partial charge in [0.25, 0.3) is 5.91 Å². The number of aliphatic hydroxyl groups excluding tert-OH is 1. The van der Waals surface area contributed by atoms with E-state index < -0.39 is 0 Å². The Balaban J connectivity index is 1.89. The smallest absolute Gasteiger partial charge is 0.252 e. The maximum atomic E-state index is 11.8. The number of carbonyl (C=O) groups excluding carboxylic acids is 1. The van der Waals surface area contributed by atoms with Crippen LogP contribution in [0.15, 0.2) is 18.3 Å². The number of aromatic nitrogens is 1. The van der Waals surface area contributed by atoms with Gasteiger partial charge in [0.1, 0.15) is 5.15 Å². The van der Waals surface area contributed by atoms with Crippen LogP contribution in [-0.4, -0.2) is 29.1 Å². The van der Waals surface area contributed by atoms with E-state index in [1.807, 2.05) is 0 Å². The van der Waals surface area contributed by atoms with Crippen molar-refractivity contribution >= 4 is 17.5 Å². The summed E-state index contributed by atoms with van der Waals surface area (Å²) < 4.78 is 0. The van der Waals surface area contributed by atoms with Crippen LogP contribution in [0.5, 0.6) is 0 Å². The lowest BCUT2D eigenvalue weighted by molar-refractivity contribution is 0.0952. The third kappa shape index (κ3) is 10.3. The number of nitrogens with one attached hydrogen (secondary N) is 1. The first-order valence-electron chi connectivity index (χ1n) is 8.74. The molecule has 1 amide bonds. The number of aliphatic hydroxyl groups is 1. The number of hydrogen-bond acceptors (Lipinski definition) is 3. The third-order valence-corrected chi connectivity index (χ3v) is 4.08. The van der Waals surface area contributed by atoms with E-state index in [0.29, 0.717) is 23.9 Å². The van der Waals surface area contributed by atoms with E-state index >= 15 is 0 Å². The van der Waals surface area contributed by atoms with Crippen molar-refractivity contribution in [1.29, 1.82) is 0 Å². The number of nitrogens with zero attached hydrogens (tertiary/aromatic N) is 1. The van der Waals surface area contributed by atoms with Crippen molar-refractivity contribution in [3.63, 3.8) is 0 Å². The van der Waals surface area contributed by atoms with Gasteiger partial charge < -0.3 is 10.4 Å². The highest BCUT2D eigenvalue weighted by atomic mass is 35.5. The summed E-state index contributed by atoms with van der Waals surface area (Å²) in [6.07, 6.45) is 13.4. The van der Waals surface area contributed by atoms with Crippen molar-refractivity contribution in [3.05, 3.63) is 29.0 Å². The minimum atomic E-state index is -0.0861. The second-order valence-electron chi connectivity index (χ2n) is 5.88. The Morgan fingerprint density at radius 1 is 0.957 bits per heavy atom. The minimum absolute atomic E-state index is 0.0861. The Labute approximate surface area is 144 Å². The van der Waals surface area contributed by atoms with Gasteiger partial charge in [-0.2, -0.15) is 0 Å². The van der Waals surface area contributed by atoms with Gasteiger partial charge in [0.2, 0.25) is 0 Å². The number of unbranched alkanes of at least 4 members (excludes halogenated alkanes) is 9. The van der Waals surface area contributed by atoms with Gasteiger partial charge in [-0.15, -0.1) is 0 Å². The van der Waals surface area contributed by atoms with Crippen molar-refractivity contribution in [1.82, 2.24) is 10.3 Å². The number of rotatable bonds is 13. The fraction of sp³-hybridized carbons (Fsp3) is 0.667. The van der Waals surface area contributed by atoms with E-state index in [-0.39, 0.29) is 5.91 Å². The molecule has 0 fully saturated rings. The van der Waals surface area contributed by atoms with Crippen molar-refractivity contribution in [2.75, 3.05) is 13.2 Å². The maximum absolute atomic E-state index is 11.8. The van der Waals surface area contributed by atoms with Crippen molar-refractivity contribution in [2.45, 2.75) is 64.2 Å². The van der Waals surface area contributed by atoms with Gasteiger partial charge in [0, 0.05) is 19.3 Å². The zero-order valence-electron chi connectivity index (χ0n) is 13.9. The van der Waals surface area contributed by atoms with E-state index in [4.69, 9.17) is 16.7 Å². The molecule has 0 saturated carbocycles. The van der Waals surface area contributed by atoms with Crippen LogP contribution in [0.3, 0.4) is 0 Å². The molecule has 1 heterocycles. The van der Waals surface area contributed by atoms with Crippen LogP contribution < -0.4 is 5.32 Å². The lowest BCUT2D eigenvalue weighted by atomic mass is 10.1. The zero-order chi connectivity index (χ0) is 16.8. The molecule has 0 radical (unpaired) electrons. The Bertz CT molecular complexity index is 424. The molecule has 0 aliphatic heterocycles. The highest BCUT2D eigenvalue weighted by Crippen LogP contribution is 2.10. The van der Waals surface area contributed by atoms with E-state index in [1.165, 1.54) is 44.7 Å². The molecule has 4 nitrogen and oxygen atoms in total. The molecule has 130 valence electrons. The standard InChI is InChI=1S/C18H29ClN2O2/c19-17-12-11-16(15-21-17)18(23)20-13-9-7-5-3-1-2-4-6-8-10-14-22/h11-12,15,22H,1-10,13-14H2,(H,20,23). The monoisotopic (exact) mass is 340 g/mol. The lowest BCUT2D eigenvalue weighted by Crippen LogP contribution is -2.24. The molecule has 0 bridgehead atoms. The molecule has 0 aromatic carbocycles. The normalized spacial score (nSPS) is 10.7. The Morgan fingerprint density at radius 2 is 1.52 bits per heavy atom. The Morgan fingerprint density at radius 3 is 2.04 bits per heavy atom. The molecule has 0 spiro atoms. The summed E-state index contributed by atoms with van der Waals surface area (Å²) >= 11 is 5.69. The topological polar surface area (TPSA) is 62.2 Å². The van der Waals surface area contributed by atoms with Crippen LogP contribution in [0.2, 0.25) is 5.15 Å². The van der Waals surface area contributed by atoms with Crippen molar-refractivity contribution in [2.24, 2.45) is 0 Å². The molecule has 5 heteroatoms. The molecule has 0 aliphatic carbocycles. The van der Waals surface area contributed by atoms with Gasteiger partial charge in [0.05, 0.1) is 5.56 Å². The van der Waals surface area contributed by atoms with Crippen molar-refractivity contribution in [3.8, 4) is 0 Å². The molecule has 0 saturated heterocycles. The highest BCUT2D eigenvalue weighted by molar-refractivity contribution is 6.29. The van der Waals surface area contributed by atoms with Gasteiger partial charge in [0.15, 0.2) is 0 Å². The van der Waals surface area contributed by atoms with E-state index in [1.54, 1.807) is 12.1 Å². The number of amides is 1. The summed E-state index contributed by atoms with van der Waals surface area (Å²) in [5.41, 5.74) is 0.551. The summed E-state index contributed by atoms with van der Waals surface area (Å²) in [7, 11) is 0. The summed E-state index contributed by atoms with van der Waals surface area (Å²) in [6, 6.07) is 3.31. The molecule has 23 heavy (non-hydrogen) atoms. The summed E-state index contributed by atoms with van der Waals surface area (Å²) in [6.45, 7) is 1.04. The number of carbonyl (C=O) groups is 1. The van der Waals surface area contributed by atoms with Gasteiger partial charge >= 0.3 is 0 Å². The number of halogens is 1. The van der Waals surface area contributed by atoms with Crippen LogP contribution >= 0.6 is 11.6 Å². The Kier molecular flexibility index (Phi) is 11.5. The average molecular weight is 341 g/mol. The summed E-state index contributed by atoms with van der Waals surface area (Å²) in [4.78, 5) is 15.7. The second kappa shape index (κ2) is 13.3. The molecule has 1 aromatic rings. The van der Waals surface area contributed by atoms with E-state index in [9.17, 15) is 4.79 Å². The minimum Gasteiger partial charge on any atom is -0.396 e. The first kappa shape index (κ1) is 19.9. The molecular weight excluding hydrogens is 312 g/mol. The molecule has 1 rings (SSSR count). The molecule has 0 unspecified atom stereocenters. The zero-order valence-corrected chi connectivity index (χ0v) is 14.7. The SMILES string of the molecule is O=C(NCCCCCCCCCCCCO)c1ccc(Cl)nc1. The largest absolute Gasteiger partial charge is 0.396 e. The molecule has 2 N–H and O–H groups in total. The van der Waals surface area contributed by atoms with E-state index in [0.717, 1.165) is 25.7 Å². The van der Waals surface area contributed by atoms with Crippen LogP contribution in [0, 0.1) is 0 Å². The highest BCUT2D eigenvalue weighted by Gasteiger charge is 2.04. The molecule has 0 atom stereocenters. The predicted octanol–water partition coefficient (Wildman–Crippen LogP) is 4.36. The van der Waals surface area contributed by atoms with Gasteiger partial charge in [-0.1, -0.05) is 63.0 Å². The first-order valence-corrected chi connectivity index (χ1v) is 9.12. The first-order chi connectivity index (χ1) is 11.2. The van der Waals surface area contributed by atoms with Crippen molar-refractivity contribution < 1.29 is 9.90 Å². The fourth-order valence-corrected chi connectivity index (χ4v) is 2.58. The lowest BCUT2D eigenvalue weighted by Gasteiger charge is -2.05. The maximum Gasteiger partial charge on any atom is 0.252 e. The number of pyridine rings is 1. The summed E-state index contributed by atoms with van der Waals surface area (Å²) in [5, 5.41) is 12.0. The molecular formula is C18H29ClN2O2. The van der Waals surface area contributed by atoms with Gasteiger partial charge in [-0.05, 0) is 25.0 Å². The van der Waals surface area contributed by atoms with Crippen LogP contribution in [0.1, 0.15) is 74.6 Å². The van der Waals surface area contributed by atoms with Gasteiger partial charge in [-0.3, -0.25) is 4.79 Å². The number of hydrogen-bond donors (Lipinski definition) is 2. The van der Waals surface area contributed by atoms with Crippen LogP contribution in [0.25, 0.3) is 0 Å². The van der Waals surface area contributed by atoms with Crippen LogP contribution in [0.4, 0.5) is 0 Å². The van der Waals surface area contributed by atoms with Gasteiger partial charge in [-0.25, -0.2) is 4.98 Å². The second-order valence-corrected chi connectivity index (χ2v) is 6.27. The quantitative estimate of drug-likeness (QED) is 0.414. The molecule has 1 aromatic heterocycles. The van der Waals surface area contributed by atoms with E-state index in [2.05, 4.69) is 10.3 Å². The third-order valence-electron chi connectivity index (χ3n) is 3.86. The fourth-order valence-electron chi connectivity index (χ4n) is 2.47. The summed E-state index contributed by atoms with van der Waals surface area (Å²) in [5.74, 6) is -0.0861. The predicted molar refractivity (Wildman–Crippen MR) is 94.8 cm³/mol. The molecule has 0 aliphatic rings.